The molecule has 1 fully saturated rings. The molecule has 3 aromatic carbocycles. The molecule has 3 atom stereocenters. The second-order valence-electron chi connectivity index (χ2n) is 9.46. The molecule has 1 saturated heterocycles. The highest BCUT2D eigenvalue weighted by Crippen LogP contribution is 2.42. The van der Waals surface area contributed by atoms with Crippen LogP contribution in [-0.2, 0) is 4.74 Å². The van der Waals surface area contributed by atoms with Crippen molar-refractivity contribution in [2.45, 2.75) is 12.8 Å². The molecule has 0 saturated carbocycles. The van der Waals surface area contributed by atoms with E-state index in [1.54, 1.807) is 63.6 Å². The van der Waals surface area contributed by atoms with Crippen LogP contribution in [0.3, 0.4) is 0 Å². The minimum absolute atomic E-state index is 0.0135. The van der Waals surface area contributed by atoms with E-state index < -0.39 is 17.8 Å². The summed E-state index contributed by atoms with van der Waals surface area (Å²) in [5, 5.41) is 10.0. The third-order valence-electron chi connectivity index (χ3n) is 7.22. The van der Waals surface area contributed by atoms with E-state index in [2.05, 4.69) is 4.90 Å². The molecule has 4 rings (SSSR count). The Balaban J connectivity index is 1.85. The molecule has 1 heterocycles. The second kappa shape index (κ2) is 11.7. The van der Waals surface area contributed by atoms with E-state index in [0.29, 0.717) is 54.2 Å². The summed E-state index contributed by atoms with van der Waals surface area (Å²) in [5.41, 5.74) is 1.90. The van der Waals surface area contributed by atoms with Gasteiger partial charge in [-0.2, -0.15) is 0 Å². The van der Waals surface area contributed by atoms with Crippen LogP contribution in [0.25, 0.3) is 0 Å². The number of phenols is 1. The molecule has 37 heavy (non-hydrogen) atoms. The number of methoxy groups -OCH3 is 2. The topological polar surface area (TPSA) is 76.1 Å². The first-order valence-corrected chi connectivity index (χ1v) is 12.3. The first-order valence-electron chi connectivity index (χ1n) is 12.3. The third-order valence-corrected chi connectivity index (χ3v) is 7.22. The number of ether oxygens (including phenoxy) is 2. The summed E-state index contributed by atoms with van der Waals surface area (Å²) in [5.74, 6) is -2.00. The van der Waals surface area contributed by atoms with Crippen molar-refractivity contribution in [3.05, 3.63) is 94.8 Å². The zero-order chi connectivity index (χ0) is 26.5. The zero-order valence-electron chi connectivity index (χ0n) is 21.3. The van der Waals surface area contributed by atoms with Crippen LogP contribution in [0.4, 0.5) is 4.39 Å². The summed E-state index contributed by atoms with van der Waals surface area (Å²) in [4.78, 5) is 30.1. The largest absolute Gasteiger partial charge is 0.508 e. The Morgan fingerprint density at radius 2 is 1.57 bits per heavy atom. The van der Waals surface area contributed by atoms with Gasteiger partial charge in [-0.3, -0.25) is 14.5 Å². The first kappa shape index (κ1) is 26.5. The predicted octanol–water partition coefficient (Wildman–Crippen LogP) is 4.89. The van der Waals surface area contributed by atoms with Gasteiger partial charge in [-0.15, -0.1) is 0 Å². The van der Waals surface area contributed by atoms with Crippen molar-refractivity contribution in [1.82, 2.24) is 4.90 Å². The Morgan fingerprint density at radius 3 is 2.19 bits per heavy atom. The minimum Gasteiger partial charge on any atom is -0.508 e. The van der Waals surface area contributed by atoms with Crippen LogP contribution >= 0.6 is 0 Å². The monoisotopic (exact) mass is 505 g/mol. The van der Waals surface area contributed by atoms with E-state index in [4.69, 9.17) is 9.47 Å². The van der Waals surface area contributed by atoms with Crippen molar-refractivity contribution < 1.29 is 28.6 Å². The molecule has 1 aliphatic rings. The molecule has 0 spiro atoms. The second-order valence-corrected chi connectivity index (χ2v) is 9.46. The van der Waals surface area contributed by atoms with Crippen LogP contribution in [0.15, 0.2) is 66.7 Å². The van der Waals surface area contributed by atoms with Gasteiger partial charge in [0.1, 0.15) is 17.3 Å². The van der Waals surface area contributed by atoms with Gasteiger partial charge in [0.05, 0.1) is 13.7 Å². The molecule has 0 amide bonds. The number of hydrogen-bond acceptors (Lipinski definition) is 6. The molecule has 7 heteroatoms. The van der Waals surface area contributed by atoms with Gasteiger partial charge < -0.3 is 14.6 Å². The average molecular weight is 506 g/mol. The number of piperidine rings is 1. The molecule has 0 aliphatic carbocycles. The molecular weight excluding hydrogens is 473 g/mol. The van der Waals surface area contributed by atoms with Crippen molar-refractivity contribution in [2.75, 3.05) is 40.5 Å². The first-order chi connectivity index (χ1) is 17.8. The van der Waals surface area contributed by atoms with Crippen molar-refractivity contribution >= 4 is 11.6 Å². The standard InChI is InChI=1S/C30H32FNO5/c1-19-24(11-6-12-27(19)31)28-25(29(34)20-7-4-9-22(33)15-20)17-32(13-14-36-2)18-26(28)30(35)21-8-5-10-23(16-21)37-3/h4-12,15-16,25-26,28,33H,13-14,17-18H2,1-3H3/t25-,26-,28+/m0/s1. The van der Waals surface area contributed by atoms with Gasteiger partial charge in [0.25, 0.3) is 0 Å². The Morgan fingerprint density at radius 1 is 0.946 bits per heavy atom. The fourth-order valence-corrected chi connectivity index (χ4v) is 5.32. The summed E-state index contributed by atoms with van der Waals surface area (Å²) in [7, 11) is 3.15. The molecule has 0 unspecified atom stereocenters. The van der Waals surface area contributed by atoms with Crippen LogP contribution in [-0.4, -0.2) is 62.0 Å². The number of hydrogen-bond donors (Lipinski definition) is 1. The number of carbonyl (C=O) groups is 2. The quantitative estimate of drug-likeness (QED) is 0.417. The van der Waals surface area contributed by atoms with E-state index in [9.17, 15) is 19.1 Å². The van der Waals surface area contributed by atoms with Crippen LogP contribution in [0.2, 0.25) is 0 Å². The SMILES string of the molecule is COCCN1C[C@H](C(=O)c2cccc(O)c2)[C@@H](c2cccc(F)c2C)[C@@H](C(=O)c2cccc(OC)c2)C1. The van der Waals surface area contributed by atoms with E-state index in [0.717, 1.165) is 0 Å². The van der Waals surface area contributed by atoms with Gasteiger partial charge in [0.2, 0.25) is 0 Å². The minimum atomic E-state index is -0.646. The summed E-state index contributed by atoms with van der Waals surface area (Å²) >= 11 is 0. The lowest BCUT2D eigenvalue weighted by Crippen LogP contribution is -2.51. The number of rotatable bonds is 9. The van der Waals surface area contributed by atoms with E-state index in [1.807, 2.05) is 6.07 Å². The van der Waals surface area contributed by atoms with Crippen LogP contribution < -0.4 is 4.74 Å². The van der Waals surface area contributed by atoms with Gasteiger partial charge in [-0.05, 0) is 48.4 Å². The number of carbonyl (C=O) groups excluding carboxylic acids is 2. The Kier molecular flexibility index (Phi) is 8.36. The van der Waals surface area contributed by atoms with E-state index >= 15 is 0 Å². The van der Waals surface area contributed by atoms with Gasteiger partial charge in [0, 0.05) is 55.6 Å². The number of nitrogens with zero attached hydrogens (tertiary/aromatic N) is 1. The summed E-state index contributed by atoms with van der Waals surface area (Å²) in [6.07, 6.45) is 0. The van der Waals surface area contributed by atoms with Crippen molar-refractivity contribution in [3.63, 3.8) is 0 Å². The summed E-state index contributed by atoms with van der Waals surface area (Å²) in [6, 6.07) is 18.0. The maximum Gasteiger partial charge on any atom is 0.167 e. The van der Waals surface area contributed by atoms with Gasteiger partial charge in [-0.25, -0.2) is 4.39 Å². The normalized spacial score (nSPS) is 19.9. The average Bonchev–Trinajstić information content (AvgIpc) is 2.92. The van der Waals surface area contributed by atoms with Crippen molar-refractivity contribution in [2.24, 2.45) is 11.8 Å². The highest BCUT2D eigenvalue weighted by Gasteiger charge is 2.45. The van der Waals surface area contributed by atoms with Crippen molar-refractivity contribution in [1.29, 1.82) is 0 Å². The summed E-state index contributed by atoms with van der Waals surface area (Å²) < 4.78 is 25.4. The Bertz CT molecular complexity index is 1280. The third kappa shape index (κ3) is 5.73. The lowest BCUT2D eigenvalue weighted by molar-refractivity contribution is 0.0497. The fraction of sp³-hybridized carbons (Fsp3) is 0.333. The van der Waals surface area contributed by atoms with Crippen LogP contribution in [0, 0.1) is 24.6 Å². The highest BCUT2D eigenvalue weighted by atomic mass is 19.1. The highest BCUT2D eigenvalue weighted by molar-refractivity contribution is 6.02. The van der Waals surface area contributed by atoms with E-state index in [1.165, 1.54) is 18.2 Å². The number of aromatic hydroxyl groups is 1. The maximum absolute atomic E-state index is 14.8. The number of Topliss-reactive ketones (excluding diaryl/α,β-unsaturated/α-hetero) is 2. The molecule has 3 aromatic rings. The Labute approximate surface area is 216 Å². The molecule has 0 radical (unpaired) electrons. The number of halogens is 1. The maximum atomic E-state index is 14.8. The zero-order valence-corrected chi connectivity index (χ0v) is 21.3. The number of benzene rings is 3. The molecule has 1 N–H and O–H groups in total. The lowest BCUT2D eigenvalue weighted by atomic mass is 9.68. The smallest absolute Gasteiger partial charge is 0.167 e. The molecule has 0 bridgehead atoms. The lowest BCUT2D eigenvalue weighted by Gasteiger charge is -2.43. The van der Waals surface area contributed by atoms with Gasteiger partial charge >= 0.3 is 0 Å². The van der Waals surface area contributed by atoms with Crippen LogP contribution in [0.5, 0.6) is 11.5 Å². The Hall–Kier alpha value is -3.55. The number of ketones is 2. The number of phenolic OH excluding ortho intramolecular Hbond substituents is 1. The van der Waals surface area contributed by atoms with E-state index in [-0.39, 0.29) is 23.1 Å². The molecule has 1 aliphatic heterocycles. The van der Waals surface area contributed by atoms with Gasteiger partial charge in [-0.1, -0.05) is 36.4 Å². The van der Waals surface area contributed by atoms with Gasteiger partial charge in [0.15, 0.2) is 11.6 Å². The molecule has 6 nitrogen and oxygen atoms in total. The fourth-order valence-electron chi connectivity index (χ4n) is 5.32. The molecule has 194 valence electrons. The predicted molar refractivity (Wildman–Crippen MR) is 139 cm³/mol. The molecule has 0 aromatic heterocycles. The number of likely N-dealkylation sites (tertiary alicyclic amines) is 1. The van der Waals surface area contributed by atoms with Crippen molar-refractivity contribution in [3.8, 4) is 11.5 Å². The summed E-state index contributed by atoms with van der Waals surface area (Å²) in [6.45, 7) is 3.43. The molecular formula is C30H32FNO5. The van der Waals surface area contributed by atoms with Crippen LogP contribution in [0.1, 0.15) is 37.8 Å².